The van der Waals surface area contributed by atoms with Crippen LogP contribution in [0.5, 0.6) is 0 Å². The smallest absolute Gasteiger partial charge is 0.320 e. The SMILES string of the molecule is CCc1cccc(C)c1NC(=O)CN1CCCCC1C(=O)O.Cl. The molecule has 1 unspecified atom stereocenters. The van der Waals surface area contributed by atoms with E-state index < -0.39 is 12.0 Å². The van der Waals surface area contributed by atoms with Gasteiger partial charge in [0.2, 0.25) is 5.91 Å². The molecule has 0 aromatic heterocycles. The molecule has 0 radical (unpaired) electrons. The zero-order valence-electron chi connectivity index (χ0n) is 13.7. The van der Waals surface area contributed by atoms with Gasteiger partial charge in [0.1, 0.15) is 6.04 Å². The van der Waals surface area contributed by atoms with Crippen molar-refractivity contribution < 1.29 is 14.7 Å². The minimum atomic E-state index is -0.836. The molecule has 0 saturated carbocycles. The number of nitrogens with zero attached hydrogens (tertiary/aromatic N) is 1. The minimum absolute atomic E-state index is 0. The predicted octanol–water partition coefficient (Wildman–Crippen LogP) is 2.86. The third-order valence-electron chi connectivity index (χ3n) is 4.25. The van der Waals surface area contributed by atoms with Gasteiger partial charge >= 0.3 is 5.97 Å². The van der Waals surface area contributed by atoms with Crippen molar-refractivity contribution in [3.63, 3.8) is 0 Å². The highest BCUT2D eigenvalue weighted by Gasteiger charge is 2.29. The summed E-state index contributed by atoms with van der Waals surface area (Å²) >= 11 is 0. The fourth-order valence-electron chi connectivity index (χ4n) is 3.03. The van der Waals surface area contributed by atoms with Crippen LogP contribution in [0.2, 0.25) is 0 Å². The first-order valence-electron chi connectivity index (χ1n) is 7.88. The summed E-state index contributed by atoms with van der Waals surface area (Å²) in [6, 6.07) is 5.41. The average molecular weight is 341 g/mol. The highest BCUT2D eigenvalue weighted by Crippen LogP contribution is 2.22. The van der Waals surface area contributed by atoms with Crippen LogP contribution in [-0.4, -0.2) is 41.0 Å². The summed E-state index contributed by atoms with van der Waals surface area (Å²) in [7, 11) is 0. The molecule has 1 amide bonds. The fourth-order valence-corrected chi connectivity index (χ4v) is 3.03. The molecule has 1 aliphatic heterocycles. The lowest BCUT2D eigenvalue weighted by Crippen LogP contribution is -2.47. The number of carbonyl (C=O) groups excluding carboxylic acids is 1. The van der Waals surface area contributed by atoms with Gasteiger partial charge in [0, 0.05) is 5.69 Å². The van der Waals surface area contributed by atoms with Gasteiger partial charge in [-0.15, -0.1) is 12.4 Å². The molecule has 1 aromatic rings. The lowest BCUT2D eigenvalue weighted by Gasteiger charge is -2.32. The van der Waals surface area contributed by atoms with Crippen LogP contribution in [0, 0.1) is 6.92 Å². The van der Waals surface area contributed by atoms with Crippen molar-refractivity contribution in [3.8, 4) is 0 Å². The first-order chi connectivity index (χ1) is 10.5. The Bertz CT molecular complexity index is 563. The van der Waals surface area contributed by atoms with Crippen LogP contribution in [0.1, 0.15) is 37.3 Å². The molecule has 0 bridgehead atoms. The first kappa shape index (κ1) is 19.5. The molecule has 1 aromatic carbocycles. The molecule has 0 spiro atoms. The van der Waals surface area contributed by atoms with Gasteiger partial charge in [0.25, 0.3) is 0 Å². The van der Waals surface area contributed by atoms with Crippen molar-refractivity contribution >= 4 is 30.0 Å². The Morgan fingerprint density at radius 2 is 2.09 bits per heavy atom. The van der Waals surface area contributed by atoms with E-state index in [-0.39, 0.29) is 24.9 Å². The van der Waals surface area contributed by atoms with Gasteiger partial charge in [0.15, 0.2) is 0 Å². The number of hydrogen-bond donors (Lipinski definition) is 2. The van der Waals surface area contributed by atoms with E-state index in [4.69, 9.17) is 0 Å². The standard InChI is InChI=1S/C17H24N2O3.ClH/c1-3-13-8-6-7-12(2)16(13)18-15(20)11-19-10-5-4-9-14(19)17(21)22;/h6-8,14H,3-5,9-11H2,1-2H3,(H,18,20)(H,21,22);1H. The van der Waals surface area contributed by atoms with E-state index in [1.807, 2.05) is 25.1 Å². The second kappa shape index (κ2) is 8.89. The second-order valence-electron chi connectivity index (χ2n) is 5.83. The maximum Gasteiger partial charge on any atom is 0.320 e. The number of halogens is 1. The third kappa shape index (κ3) is 4.94. The summed E-state index contributed by atoms with van der Waals surface area (Å²) in [5, 5.41) is 12.2. The zero-order valence-corrected chi connectivity index (χ0v) is 14.5. The van der Waals surface area contributed by atoms with E-state index in [1.165, 1.54) is 0 Å². The maximum absolute atomic E-state index is 12.3. The zero-order chi connectivity index (χ0) is 16.1. The van der Waals surface area contributed by atoms with E-state index in [1.54, 1.807) is 4.90 Å². The normalized spacial score (nSPS) is 18.1. The number of rotatable bonds is 5. The lowest BCUT2D eigenvalue weighted by atomic mass is 10.0. The number of amides is 1. The molecule has 1 fully saturated rings. The molecule has 1 saturated heterocycles. The predicted molar refractivity (Wildman–Crippen MR) is 93.3 cm³/mol. The largest absolute Gasteiger partial charge is 0.480 e. The van der Waals surface area contributed by atoms with Gasteiger partial charge in [0.05, 0.1) is 6.54 Å². The van der Waals surface area contributed by atoms with Gasteiger partial charge in [-0.1, -0.05) is 31.5 Å². The number of hydrogen-bond acceptors (Lipinski definition) is 3. The Hall–Kier alpha value is -1.59. The van der Waals surface area contributed by atoms with Gasteiger partial charge in [-0.25, -0.2) is 0 Å². The van der Waals surface area contributed by atoms with Gasteiger partial charge < -0.3 is 10.4 Å². The number of aliphatic carboxylic acids is 1. The van der Waals surface area contributed by atoms with Crippen LogP contribution in [0.25, 0.3) is 0 Å². The van der Waals surface area contributed by atoms with E-state index in [9.17, 15) is 14.7 Å². The summed E-state index contributed by atoms with van der Waals surface area (Å²) in [6.45, 7) is 4.82. The summed E-state index contributed by atoms with van der Waals surface area (Å²) in [5.74, 6) is -0.977. The maximum atomic E-state index is 12.3. The number of likely N-dealkylation sites (tertiary alicyclic amines) is 1. The van der Waals surface area contributed by atoms with Crippen LogP contribution < -0.4 is 5.32 Å². The number of anilines is 1. The van der Waals surface area contributed by atoms with Gasteiger partial charge in [-0.2, -0.15) is 0 Å². The summed E-state index contributed by atoms with van der Waals surface area (Å²) in [5.41, 5.74) is 2.99. The van der Waals surface area contributed by atoms with Crippen molar-refractivity contribution in [2.75, 3.05) is 18.4 Å². The number of nitrogens with one attached hydrogen (secondary N) is 1. The summed E-state index contributed by atoms with van der Waals surface area (Å²) in [6.07, 6.45) is 3.32. The molecule has 128 valence electrons. The van der Waals surface area contributed by atoms with Crippen molar-refractivity contribution in [1.82, 2.24) is 4.90 Å². The topological polar surface area (TPSA) is 69.6 Å². The Morgan fingerprint density at radius 1 is 1.35 bits per heavy atom. The highest BCUT2D eigenvalue weighted by molar-refractivity contribution is 5.94. The molecular weight excluding hydrogens is 316 g/mol. The average Bonchev–Trinajstić information content (AvgIpc) is 2.49. The van der Waals surface area contributed by atoms with Crippen LogP contribution in [0.3, 0.4) is 0 Å². The van der Waals surface area contributed by atoms with Crippen molar-refractivity contribution in [2.45, 2.75) is 45.6 Å². The summed E-state index contributed by atoms with van der Waals surface area (Å²) in [4.78, 5) is 25.4. The molecule has 2 N–H and O–H groups in total. The Kier molecular flexibility index (Phi) is 7.52. The second-order valence-corrected chi connectivity index (χ2v) is 5.83. The number of carbonyl (C=O) groups is 2. The Labute approximate surface area is 143 Å². The number of aryl methyl sites for hydroxylation is 2. The quantitative estimate of drug-likeness (QED) is 0.864. The molecule has 6 heteroatoms. The molecule has 1 atom stereocenters. The van der Waals surface area contributed by atoms with E-state index in [0.29, 0.717) is 13.0 Å². The van der Waals surface area contributed by atoms with Crippen molar-refractivity contribution in [3.05, 3.63) is 29.3 Å². The van der Waals surface area contributed by atoms with Crippen LogP contribution in [0.4, 0.5) is 5.69 Å². The molecular formula is C17H25ClN2O3. The summed E-state index contributed by atoms with van der Waals surface area (Å²) < 4.78 is 0. The minimum Gasteiger partial charge on any atom is -0.480 e. The number of carboxylic acids is 1. The monoisotopic (exact) mass is 340 g/mol. The molecule has 1 aliphatic rings. The number of piperidine rings is 1. The first-order valence-corrected chi connectivity index (χ1v) is 7.88. The van der Waals surface area contributed by atoms with Crippen molar-refractivity contribution in [2.24, 2.45) is 0 Å². The highest BCUT2D eigenvalue weighted by atomic mass is 35.5. The molecule has 5 nitrogen and oxygen atoms in total. The number of para-hydroxylation sites is 1. The van der Waals surface area contributed by atoms with Gasteiger partial charge in [-0.05, 0) is 43.9 Å². The third-order valence-corrected chi connectivity index (χ3v) is 4.25. The van der Waals surface area contributed by atoms with E-state index in [2.05, 4.69) is 12.2 Å². The van der Waals surface area contributed by atoms with Gasteiger partial charge in [-0.3, -0.25) is 14.5 Å². The van der Waals surface area contributed by atoms with Crippen LogP contribution >= 0.6 is 12.4 Å². The molecule has 1 heterocycles. The fraction of sp³-hybridized carbons (Fsp3) is 0.529. The molecule has 23 heavy (non-hydrogen) atoms. The number of carboxylic acid groups (broad SMARTS) is 1. The van der Waals surface area contributed by atoms with Crippen LogP contribution in [0.15, 0.2) is 18.2 Å². The van der Waals surface area contributed by atoms with Crippen molar-refractivity contribution in [1.29, 1.82) is 0 Å². The molecule has 2 rings (SSSR count). The lowest BCUT2D eigenvalue weighted by molar-refractivity contribution is -0.145. The van der Waals surface area contributed by atoms with Crippen LogP contribution in [-0.2, 0) is 16.0 Å². The Morgan fingerprint density at radius 3 is 2.74 bits per heavy atom. The van der Waals surface area contributed by atoms with E-state index in [0.717, 1.165) is 36.1 Å². The number of benzene rings is 1. The van der Waals surface area contributed by atoms with E-state index >= 15 is 0 Å². The Balaban J connectivity index is 0.00000264. The molecule has 0 aliphatic carbocycles.